The summed E-state index contributed by atoms with van der Waals surface area (Å²) >= 11 is 1.65. The Bertz CT molecular complexity index is 404. The van der Waals surface area contributed by atoms with Crippen LogP contribution in [0, 0.1) is 0 Å². The lowest BCUT2D eigenvalue weighted by Gasteiger charge is -1.93. The van der Waals surface area contributed by atoms with Crippen LogP contribution in [0.2, 0.25) is 0 Å². The fraction of sp³-hybridized carbons (Fsp3) is 0.333. The van der Waals surface area contributed by atoms with Crippen molar-refractivity contribution in [2.45, 2.75) is 6.42 Å². The Morgan fingerprint density at radius 2 is 2.43 bits per heavy atom. The van der Waals surface area contributed by atoms with Gasteiger partial charge in [0.1, 0.15) is 5.82 Å². The van der Waals surface area contributed by atoms with E-state index in [0.29, 0.717) is 6.54 Å². The lowest BCUT2D eigenvalue weighted by Crippen LogP contribution is -2.08. The van der Waals surface area contributed by atoms with Gasteiger partial charge in [-0.2, -0.15) is 5.10 Å². The highest BCUT2D eigenvalue weighted by molar-refractivity contribution is 7.13. The summed E-state index contributed by atoms with van der Waals surface area (Å²) in [5.74, 6) is 1.74. The Kier molecular flexibility index (Phi) is 2.60. The molecule has 0 bridgehead atoms. The Morgan fingerprint density at radius 3 is 3.07 bits per heavy atom. The summed E-state index contributed by atoms with van der Waals surface area (Å²) in [5.41, 5.74) is 5.48. The first-order valence-electron chi connectivity index (χ1n) is 4.45. The van der Waals surface area contributed by atoms with E-state index in [1.165, 1.54) is 0 Å². The highest BCUT2D eigenvalue weighted by atomic mass is 32.1. The summed E-state index contributed by atoms with van der Waals surface area (Å²) in [5, 5.41) is 6.35. The molecule has 4 nitrogen and oxygen atoms in total. The molecule has 0 aliphatic rings. The highest BCUT2D eigenvalue weighted by Crippen LogP contribution is 2.20. The number of thiophene rings is 1. The minimum Gasteiger partial charge on any atom is -0.330 e. The first-order valence-corrected chi connectivity index (χ1v) is 5.33. The van der Waals surface area contributed by atoms with Crippen LogP contribution in [0.1, 0.15) is 5.82 Å². The molecule has 0 radical (unpaired) electrons. The van der Waals surface area contributed by atoms with E-state index < -0.39 is 0 Å². The van der Waals surface area contributed by atoms with Crippen molar-refractivity contribution >= 4 is 11.3 Å². The molecule has 2 N–H and O–H groups in total. The van der Waals surface area contributed by atoms with Gasteiger partial charge in [0.05, 0.1) is 4.88 Å². The van der Waals surface area contributed by atoms with Gasteiger partial charge in [-0.05, 0) is 18.0 Å². The standard InChI is InChI=1S/C9H12N4S/c1-13-8(4-5-10)11-9(12-13)7-3-2-6-14-7/h2-3,6H,4-5,10H2,1H3. The fourth-order valence-electron chi connectivity index (χ4n) is 1.27. The molecule has 14 heavy (non-hydrogen) atoms. The molecule has 0 amide bonds. The van der Waals surface area contributed by atoms with Crippen LogP contribution in [-0.2, 0) is 13.5 Å². The first kappa shape index (κ1) is 9.36. The van der Waals surface area contributed by atoms with E-state index in [-0.39, 0.29) is 0 Å². The second kappa shape index (κ2) is 3.89. The van der Waals surface area contributed by atoms with Crippen molar-refractivity contribution in [1.82, 2.24) is 14.8 Å². The maximum absolute atomic E-state index is 5.48. The molecule has 0 unspecified atom stereocenters. The zero-order valence-corrected chi connectivity index (χ0v) is 8.79. The minimum atomic E-state index is 0.608. The van der Waals surface area contributed by atoms with E-state index in [9.17, 15) is 0 Å². The van der Waals surface area contributed by atoms with E-state index in [1.54, 1.807) is 16.0 Å². The maximum Gasteiger partial charge on any atom is 0.191 e. The molecule has 0 aromatic carbocycles. The molecule has 0 atom stereocenters. The Balaban J connectivity index is 2.33. The smallest absolute Gasteiger partial charge is 0.191 e. The van der Waals surface area contributed by atoms with Gasteiger partial charge in [-0.1, -0.05) is 6.07 Å². The topological polar surface area (TPSA) is 56.7 Å². The molecule has 74 valence electrons. The number of aryl methyl sites for hydroxylation is 1. The number of nitrogens with two attached hydrogens (primary N) is 1. The average Bonchev–Trinajstić information content (AvgIpc) is 2.76. The van der Waals surface area contributed by atoms with E-state index in [0.717, 1.165) is 22.9 Å². The van der Waals surface area contributed by atoms with E-state index in [2.05, 4.69) is 10.1 Å². The molecular formula is C9H12N4S. The Labute approximate surface area is 86.4 Å². The third-order valence-electron chi connectivity index (χ3n) is 1.96. The average molecular weight is 208 g/mol. The molecule has 0 spiro atoms. The lowest BCUT2D eigenvalue weighted by atomic mass is 10.4. The predicted molar refractivity (Wildman–Crippen MR) is 57.1 cm³/mol. The predicted octanol–water partition coefficient (Wildman–Crippen LogP) is 1.04. The first-order chi connectivity index (χ1) is 6.81. The number of aromatic nitrogens is 3. The summed E-state index contributed by atoms with van der Waals surface area (Å²) < 4.78 is 1.79. The Hall–Kier alpha value is -1.20. The fourth-order valence-corrected chi connectivity index (χ4v) is 1.93. The van der Waals surface area contributed by atoms with Crippen molar-refractivity contribution in [1.29, 1.82) is 0 Å². The number of hydrogen-bond donors (Lipinski definition) is 1. The van der Waals surface area contributed by atoms with E-state index >= 15 is 0 Å². The molecule has 0 aliphatic carbocycles. The van der Waals surface area contributed by atoms with Crippen LogP contribution in [0.4, 0.5) is 0 Å². The van der Waals surface area contributed by atoms with Crippen molar-refractivity contribution in [2.75, 3.05) is 6.54 Å². The molecule has 2 aromatic rings. The van der Waals surface area contributed by atoms with Crippen LogP contribution >= 0.6 is 11.3 Å². The van der Waals surface area contributed by atoms with E-state index in [4.69, 9.17) is 5.73 Å². The molecule has 0 aliphatic heterocycles. The third kappa shape index (κ3) is 1.69. The van der Waals surface area contributed by atoms with Crippen LogP contribution < -0.4 is 5.73 Å². The van der Waals surface area contributed by atoms with Crippen LogP contribution in [0.5, 0.6) is 0 Å². The molecule has 2 rings (SSSR count). The quantitative estimate of drug-likeness (QED) is 0.820. The van der Waals surface area contributed by atoms with Crippen molar-refractivity contribution in [3.05, 3.63) is 23.3 Å². The van der Waals surface area contributed by atoms with Gasteiger partial charge < -0.3 is 5.73 Å². The molecular weight excluding hydrogens is 196 g/mol. The number of hydrogen-bond acceptors (Lipinski definition) is 4. The second-order valence-electron chi connectivity index (χ2n) is 2.99. The van der Waals surface area contributed by atoms with Gasteiger partial charge in [0.2, 0.25) is 0 Å². The monoisotopic (exact) mass is 208 g/mol. The van der Waals surface area contributed by atoms with Crippen LogP contribution in [0.3, 0.4) is 0 Å². The van der Waals surface area contributed by atoms with Gasteiger partial charge in [0, 0.05) is 13.5 Å². The summed E-state index contributed by atoms with van der Waals surface area (Å²) in [6.45, 7) is 0.608. The van der Waals surface area contributed by atoms with Crippen LogP contribution in [-0.4, -0.2) is 21.3 Å². The number of nitrogens with zero attached hydrogens (tertiary/aromatic N) is 3. The molecule has 0 fully saturated rings. The van der Waals surface area contributed by atoms with Gasteiger partial charge in [-0.3, -0.25) is 4.68 Å². The van der Waals surface area contributed by atoms with Crippen LogP contribution in [0.15, 0.2) is 17.5 Å². The zero-order chi connectivity index (χ0) is 9.97. The normalized spacial score (nSPS) is 10.7. The summed E-state index contributed by atoms with van der Waals surface area (Å²) in [7, 11) is 1.90. The molecule has 2 aromatic heterocycles. The summed E-state index contributed by atoms with van der Waals surface area (Å²) in [6, 6.07) is 4.02. The number of rotatable bonds is 3. The van der Waals surface area contributed by atoms with Crippen molar-refractivity contribution in [2.24, 2.45) is 12.8 Å². The van der Waals surface area contributed by atoms with Gasteiger partial charge in [0.15, 0.2) is 5.82 Å². The third-order valence-corrected chi connectivity index (χ3v) is 2.83. The van der Waals surface area contributed by atoms with Gasteiger partial charge in [0.25, 0.3) is 0 Å². The maximum atomic E-state index is 5.48. The van der Waals surface area contributed by atoms with Gasteiger partial charge in [-0.15, -0.1) is 11.3 Å². The minimum absolute atomic E-state index is 0.608. The van der Waals surface area contributed by atoms with Gasteiger partial charge >= 0.3 is 0 Å². The zero-order valence-electron chi connectivity index (χ0n) is 7.97. The van der Waals surface area contributed by atoms with Gasteiger partial charge in [-0.25, -0.2) is 4.98 Å². The highest BCUT2D eigenvalue weighted by Gasteiger charge is 2.08. The molecule has 0 saturated heterocycles. The van der Waals surface area contributed by atoms with Crippen molar-refractivity contribution in [3.63, 3.8) is 0 Å². The largest absolute Gasteiger partial charge is 0.330 e. The molecule has 2 heterocycles. The second-order valence-corrected chi connectivity index (χ2v) is 3.94. The lowest BCUT2D eigenvalue weighted by molar-refractivity contribution is 0.697. The molecule has 5 heteroatoms. The Morgan fingerprint density at radius 1 is 1.57 bits per heavy atom. The van der Waals surface area contributed by atoms with Crippen LogP contribution in [0.25, 0.3) is 10.7 Å². The van der Waals surface area contributed by atoms with Crippen molar-refractivity contribution in [3.8, 4) is 10.7 Å². The summed E-state index contributed by atoms with van der Waals surface area (Å²) in [4.78, 5) is 5.53. The molecule has 0 saturated carbocycles. The van der Waals surface area contributed by atoms with E-state index in [1.807, 2.05) is 24.6 Å². The summed E-state index contributed by atoms with van der Waals surface area (Å²) in [6.07, 6.45) is 0.773. The SMILES string of the molecule is Cn1nc(-c2cccs2)nc1CCN. The van der Waals surface area contributed by atoms with Crippen molar-refractivity contribution < 1.29 is 0 Å².